The van der Waals surface area contributed by atoms with Gasteiger partial charge in [-0.25, -0.2) is 0 Å². The number of aryl methyl sites for hydroxylation is 2. The van der Waals surface area contributed by atoms with Crippen LogP contribution in [-0.2, 0) is 12.8 Å². The van der Waals surface area contributed by atoms with Crippen molar-refractivity contribution in [1.82, 2.24) is 0 Å². The number of hydrogen-bond acceptors (Lipinski definition) is 4. The SMILES string of the molecule is CCCCCOc1ccc(CCCCc2ccc(OCCCCC)c(O)c2)cc1O. The van der Waals surface area contributed by atoms with Crippen LogP contribution in [-0.4, -0.2) is 23.4 Å². The summed E-state index contributed by atoms with van der Waals surface area (Å²) in [4.78, 5) is 0. The van der Waals surface area contributed by atoms with E-state index in [1.807, 2.05) is 36.4 Å². The van der Waals surface area contributed by atoms with Gasteiger partial charge in [0.05, 0.1) is 13.2 Å². The Morgan fingerprint density at radius 3 is 1.40 bits per heavy atom. The Balaban J connectivity index is 1.71. The average Bonchev–Trinajstić information content (AvgIpc) is 2.74. The van der Waals surface area contributed by atoms with E-state index < -0.39 is 0 Å². The number of benzene rings is 2. The number of hydrogen-bond donors (Lipinski definition) is 2. The van der Waals surface area contributed by atoms with Crippen LogP contribution in [0.1, 0.15) is 76.3 Å². The van der Waals surface area contributed by atoms with E-state index >= 15 is 0 Å². The van der Waals surface area contributed by atoms with Crippen LogP contribution in [0.15, 0.2) is 36.4 Å². The summed E-state index contributed by atoms with van der Waals surface area (Å²) in [5, 5.41) is 20.3. The van der Waals surface area contributed by atoms with Crippen LogP contribution in [0.3, 0.4) is 0 Å². The summed E-state index contributed by atoms with van der Waals surface area (Å²) < 4.78 is 11.3. The van der Waals surface area contributed by atoms with Crippen molar-refractivity contribution in [1.29, 1.82) is 0 Å². The molecule has 0 aliphatic heterocycles. The molecule has 0 unspecified atom stereocenters. The summed E-state index contributed by atoms with van der Waals surface area (Å²) >= 11 is 0. The first-order valence-electron chi connectivity index (χ1n) is 11.5. The summed E-state index contributed by atoms with van der Waals surface area (Å²) in [6.07, 6.45) is 10.5. The van der Waals surface area contributed by atoms with E-state index in [4.69, 9.17) is 9.47 Å². The first-order chi connectivity index (χ1) is 14.6. The second-order valence-electron chi connectivity index (χ2n) is 7.92. The molecule has 2 rings (SSSR count). The monoisotopic (exact) mass is 414 g/mol. The molecular weight excluding hydrogens is 376 g/mol. The minimum absolute atomic E-state index is 0.225. The van der Waals surface area contributed by atoms with Crippen LogP contribution in [0.5, 0.6) is 23.0 Å². The van der Waals surface area contributed by atoms with Crippen molar-refractivity contribution >= 4 is 0 Å². The molecule has 2 aromatic carbocycles. The second-order valence-corrected chi connectivity index (χ2v) is 7.92. The maximum absolute atomic E-state index is 10.2. The van der Waals surface area contributed by atoms with Crippen molar-refractivity contribution in [3.8, 4) is 23.0 Å². The molecule has 0 bridgehead atoms. The van der Waals surface area contributed by atoms with Crippen molar-refractivity contribution < 1.29 is 19.7 Å². The summed E-state index contributed by atoms with van der Waals surface area (Å²) in [7, 11) is 0. The van der Waals surface area contributed by atoms with Gasteiger partial charge in [-0.05, 0) is 73.9 Å². The largest absolute Gasteiger partial charge is 0.504 e. The zero-order valence-electron chi connectivity index (χ0n) is 18.7. The molecule has 30 heavy (non-hydrogen) atoms. The Morgan fingerprint density at radius 1 is 0.600 bits per heavy atom. The van der Waals surface area contributed by atoms with Gasteiger partial charge in [-0.2, -0.15) is 0 Å². The van der Waals surface area contributed by atoms with Crippen molar-refractivity contribution in [3.05, 3.63) is 47.5 Å². The zero-order chi connectivity index (χ0) is 21.6. The summed E-state index contributed by atoms with van der Waals surface area (Å²) in [5.41, 5.74) is 2.24. The minimum atomic E-state index is 0.225. The van der Waals surface area contributed by atoms with Crippen LogP contribution in [0.25, 0.3) is 0 Å². The van der Waals surface area contributed by atoms with Gasteiger partial charge in [0.2, 0.25) is 0 Å². The predicted molar refractivity (Wildman–Crippen MR) is 123 cm³/mol. The van der Waals surface area contributed by atoms with Crippen molar-refractivity contribution in [2.75, 3.05) is 13.2 Å². The highest BCUT2D eigenvalue weighted by Gasteiger charge is 2.06. The Labute approximate surface area is 181 Å². The first-order valence-corrected chi connectivity index (χ1v) is 11.5. The third-order valence-corrected chi connectivity index (χ3v) is 5.24. The standard InChI is InChI=1S/C26H38O4/c1-3-5-9-17-29-25-15-13-21(19-23(25)27)11-7-8-12-22-14-16-26(24(28)20-22)30-18-10-6-4-2/h13-16,19-20,27-28H,3-12,17-18H2,1-2H3. The lowest BCUT2D eigenvalue weighted by Crippen LogP contribution is -1.98. The van der Waals surface area contributed by atoms with Crippen LogP contribution >= 0.6 is 0 Å². The molecule has 0 atom stereocenters. The van der Waals surface area contributed by atoms with Crippen LogP contribution in [0.4, 0.5) is 0 Å². The lowest BCUT2D eigenvalue weighted by Gasteiger charge is -2.10. The molecule has 2 aromatic rings. The number of aromatic hydroxyl groups is 2. The molecule has 4 heteroatoms. The molecular formula is C26H38O4. The third kappa shape index (κ3) is 8.56. The van der Waals surface area contributed by atoms with Gasteiger partial charge in [0.15, 0.2) is 23.0 Å². The smallest absolute Gasteiger partial charge is 0.160 e. The lowest BCUT2D eigenvalue weighted by molar-refractivity contribution is 0.290. The Kier molecular flexibility index (Phi) is 11.0. The van der Waals surface area contributed by atoms with E-state index in [1.54, 1.807) is 0 Å². The molecule has 0 heterocycles. The first kappa shape index (κ1) is 23.9. The van der Waals surface area contributed by atoms with Crippen molar-refractivity contribution in [2.24, 2.45) is 0 Å². The molecule has 0 spiro atoms. The maximum atomic E-state index is 10.2. The van der Waals surface area contributed by atoms with Gasteiger partial charge in [-0.3, -0.25) is 0 Å². The van der Waals surface area contributed by atoms with Gasteiger partial charge in [0, 0.05) is 0 Å². The van der Waals surface area contributed by atoms with E-state index in [2.05, 4.69) is 13.8 Å². The Hall–Kier alpha value is -2.36. The summed E-state index contributed by atoms with van der Waals surface area (Å²) in [6, 6.07) is 11.4. The number of phenolic OH excluding ortho intramolecular Hbond substituents is 2. The molecule has 0 aromatic heterocycles. The molecule has 2 N–H and O–H groups in total. The molecule has 0 aliphatic carbocycles. The predicted octanol–water partition coefficient (Wildman–Crippen LogP) is 6.80. The van der Waals surface area contributed by atoms with Crippen LogP contribution < -0.4 is 9.47 Å². The quantitative estimate of drug-likeness (QED) is 0.315. The molecule has 4 nitrogen and oxygen atoms in total. The minimum Gasteiger partial charge on any atom is -0.504 e. The molecule has 0 saturated carbocycles. The molecule has 0 saturated heterocycles. The van der Waals surface area contributed by atoms with Gasteiger partial charge < -0.3 is 19.7 Å². The normalized spacial score (nSPS) is 10.9. The fourth-order valence-electron chi connectivity index (χ4n) is 3.41. The molecule has 0 radical (unpaired) electrons. The second kappa shape index (κ2) is 13.8. The number of rotatable bonds is 15. The van der Waals surface area contributed by atoms with E-state index in [9.17, 15) is 10.2 Å². The highest BCUT2D eigenvalue weighted by atomic mass is 16.5. The molecule has 0 fully saturated rings. The Morgan fingerprint density at radius 2 is 1.03 bits per heavy atom. The van der Waals surface area contributed by atoms with Crippen LogP contribution in [0.2, 0.25) is 0 Å². The summed E-state index contributed by atoms with van der Waals surface area (Å²) in [5.74, 6) is 1.59. The fourth-order valence-corrected chi connectivity index (χ4v) is 3.41. The fraction of sp³-hybridized carbons (Fsp3) is 0.538. The zero-order valence-corrected chi connectivity index (χ0v) is 18.7. The lowest BCUT2D eigenvalue weighted by atomic mass is 10.0. The maximum Gasteiger partial charge on any atom is 0.160 e. The highest BCUT2D eigenvalue weighted by molar-refractivity contribution is 5.42. The van der Waals surface area contributed by atoms with Gasteiger partial charge in [-0.1, -0.05) is 51.7 Å². The average molecular weight is 415 g/mol. The van der Waals surface area contributed by atoms with Crippen molar-refractivity contribution in [2.45, 2.75) is 78.1 Å². The Bertz CT molecular complexity index is 678. The van der Waals surface area contributed by atoms with E-state index in [1.165, 1.54) is 0 Å². The third-order valence-electron chi connectivity index (χ3n) is 5.24. The van der Waals surface area contributed by atoms with Crippen molar-refractivity contribution in [3.63, 3.8) is 0 Å². The molecule has 0 amide bonds. The van der Waals surface area contributed by atoms with E-state index in [-0.39, 0.29) is 11.5 Å². The van der Waals surface area contributed by atoms with Gasteiger partial charge in [0.1, 0.15) is 0 Å². The van der Waals surface area contributed by atoms with Gasteiger partial charge in [-0.15, -0.1) is 0 Å². The highest BCUT2D eigenvalue weighted by Crippen LogP contribution is 2.29. The number of phenols is 2. The van der Waals surface area contributed by atoms with Gasteiger partial charge >= 0.3 is 0 Å². The van der Waals surface area contributed by atoms with E-state index in [0.717, 1.165) is 75.3 Å². The molecule has 0 aliphatic rings. The molecule has 166 valence electrons. The number of unbranched alkanes of at least 4 members (excludes halogenated alkanes) is 5. The topological polar surface area (TPSA) is 58.9 Å². The number of ether oxygens (including phenoxy) is 2. The summed E-state index contributed by atoms with van der Waals surface area (Å²) in [6.45, 7) is 5.62. The van der Waals surface area contributed by atoms with Crippen LogP contribution in [0, 0.1) is 0 Å². The van der Waals surface area contributed by atoms with E-state index in [0.29, 0.717) is 24.7 Å². The van der Waals surface area contributed by atoms with Gasteiger partial charge in [0.25, 0.3) is 0 Å².